The highest BCUT2D eigenvalue weighted by atomic mass is 127. The van der Waals surface area contributed by atoms with E-state index in [0.29, 0.717) is 34.2 Å². The summed E-state index contributed by atoms with van der Waals surface area (Å²) in [6, 6.07) is 20.3. The average Bonchev–Trinajstić information content (AvgIpc) is 2.79. The van der Waals surface area contributed by atoms with Crippen LogP contribution < -0.4 is 14.8 Å². The Morgan fingerprint density at radius 3 is 2.52 bits per heavy atom. The predicted molar refractivity (Wildman–Crippen MR) is 135 cm³/mol. The molecule has 0 aliphatic carbocycles. The number of nitrogens with zero attached hydrogens (tertiary/aromatic N) is 1. The highest BCUT2D eigenvalue weighted by molar-refractivity contribution is 14.1. The van der Waals surface area contributed by atoms with E-state index in [1.165, 1.54) is 6.08 Å². The lowest BCUT2D eigenvalue weighted by Crippen LogP contribution is -2.13. The quantitative estimate of drug-likeness (QED) is 0.121. The van der Waals surface area contributed by atoms with Crippen molar-refractivity contribution in [3.05, 3.63) is 92.0 Å². The SMILES string of the molecule is CCOc1cc(/C=C(\C#N)C(=O)Nc2cccc(I)c2)ccc1OC(=O)c1ccc(Cl)cc1. The van der Waals surface area contributed by atoms with Gasteiger partial charge in [-0.3, -0.25) is 4.79 Å². The third kappa shape index (κ3) is 6.81. The van der Waals surface area contributed by atoms with Crippen LogP contribution in [0.25, 0.3) is 6.08 Å². The van der Waals surface area contributed by atoms with Gasteiger partial charge < -0.3 is 14.8 Å². The van der Waals surface area contributed by atoms with Crippen LogP contribution >= 0.6 is 34.2 Å². The molecule has 0 unspecified atom stereocenters. The second-order valence-corrected chi connectivity index (χ2v) is 8.35. The third-order valence-corrected chi connectivity index (χ3v) is 5.23. The molecule has 0 aromatic heterocycles. The lowest BCUT2D eigenvalue weighted by molar-refractivity contribution is -0.112. The number of nitriles is 1. The molecule has 0 aliphatic rings. The lowest BCUT2D eigenvalue weighted by Gasteiger charge is -2.12. The average molecular weight is 573 g/mol. The smallest absolute Gasteiger partial charge is 0.343 e. The Labute approximate surface area is 209 Å². The van der Waals surface area contributed by atoms with Crippen molar-refractivity contribution < 1.29 is 19.1 Å². The first-order valence-electron chi connectivity index (χ1n) is 9.83. The van der Waals surface area contributed by atoms with Gasteiger partial charge in [-0.2, -0.15) is 5.26 Å². The van der Waals surface area contributed by atoms with Crippen LogP contribution in [0.1, 0.15) is 22.8 Å². The van der Waals surface area contributed by atoms with E-state index in [2.05, 4.69) is 27.9 Å². The van der Waals surface area contributed by atoms with Crippen LogP contribution in [-0.2, 0) is 4.79 Å². The van der Waals surface area contributed by atoms with E-state index in [0.717, 1.165) is 3.57 Å². The monoisotopic (exact) mass is 572 g/mol. The topological polar surface area (TPSA) is 88.4 Å². The van der Waals surface area contributed by atoms with Gasteiger partial charge in [0.2, 0.25) is 0 Å². The summed E-state index contributed by atoms with van der Waals surface area (Å²) in [7, 11) is 0. The van der Waals surface area contributed by atoms with Crippen LogP contribution in [0, 0.1) is 14.9 Å². The van der Waals surface area contributed by atoms with Gasteiger partial charge in [0.1, 0.15) is 11.6 Å². The standard InChI is InChI=1S/C25H18ClIN2O4/c1-2-32-23-13-16(6-11-22(23)33-25(31)17-7-9-19(26)10-8-17)12-18(15-28)24(30)29-21-5-3-4-20(27)14-21/h3-14H,2H2,1H3,(H,29,30)/b18-12+. The molecule has 8 heteroatoms. The van der Waals surface area contributed by atoms with E-state index < -0.39 is 11.9 Å². The summed E-state index contributed by atoms with van der Waals surface area (Å²) < 4.78 is 12.0. The number of carbonyl (C=O) groups excluding carboxylic acids is 2. The number of amides is 1. The van der Waals surface area contributed by atoms with E-state index in [9.17, 15) is 14.9 Å². The van der Waals surface area contributed by atoms with E-state index in [-0.39, 0.29) is 11.3 Å². The molecule has 3 rings (SSSR count). The molecule has 3 aromatic rings. The molecule has 0 saturated heterocycles. The fraction of sp³-hybridized carbons (Fsp3) is 0.0800. The van der Waals surface area contributed by atoms with Gasteiger partial charge in [0.15, 0.2) is 11.5 Å². The number of rotatable bonds is 7. The van der Waals surface area contributed by atoms with Crippen molar-refractivity contribution in [3.63, 3.8) is 0 Å². The minimum Gasteiger partial charge on any atom is -0.490 e. The first-order chi connectivity index (χ1) is 15.9. The molecular formula is C25H18ClIN2O4. The molecule has 33 heavy (non-hydrogen) atoms. The van der Waals surface area contributed by atoms with Crippen molar-refractivity contribution in [1.82, 2.24) is 0 Å². The number of esters is 1. The zero-order valence-corrected chi connectivity index (χ0v) is 20.4. The van der Waals surface area contributed by atoms with Crippen molar-refractivity contribution in [2.45, 2.75) is 6.92 Å². The number of hydrogen-bond donors (Lipinski definition) is 1. The number of anilines is 1. The molecule has 0 spiro atoms. The number of halogens is 2. The Bertz CT molecular complexity index is 1250. The molecule has 1 amide bonds. The first kappa shape index (κ1) is 24.3. The lowest BCUT2D eigenvalue weighted by atomic mass is 10.1. The van der Waals surface area contributed by atoms with Crippen LogP contribution in [0.4, 0.5) is 5.69 Å². The number of benzene rings is 3. The largest absolute Gasteiger partial charge is 0.490 e. The Balaban J connectivity index is 1.82. The minimum atomic E-state index is -0.564. The highest BCUT2D eigenvalue weighted by Crippen LogP contribution is 2.30. The molecule has 0 aliphatic heterocycles. The number of carbonyl (C=O) groups is 2. The summed E-state index contributed by atoms with van der Waals surface area (Å²) in [5.74, 6) is -0.569. The number of nitrogens with one attached hydrogen (secondary N) is 1. The number of hydrogen-bond acceptors (Lipinski definition) is 5. The van der Waals surface area contributed by atoms with E-state index in [1.807, 2.05) is 18.2 Å². The fourth-order valence-electron chi connectivity index (χ4n) is 2.79. The predicted octanol–water partition coefficient (Wildman–Crippen LogP) is 6.11. The second kappa shape index (κ2) is 11.5. The first-order valence-corrected chi connectivity index (χ1v) is 11.3. The van der Waals surface area contributed by atoms with Crippen molar-refractivity contribution in [1.29, 1.82) is 5.26 Å². The molecule has 1 N–H and O–H groups in total. The second-order valence-electron chi connectivity index (χ2n) is 6.67. The van der Waals surface area contributed by atoms with Gasteiger partial charge in [0.05, 0.1) is 12.2 Å². The Morgan fingerprint density at radius 1 is 1.09 bits per heavy atom. The molecule has 0 heterocycles. The van der Waals surface area contributed by atoms with Gasteiger partial charge in [-0.25, -0.2) is 4.79 Å². The maximum atomic E-state index is 12.5. The van der Waals surface area contributed by atoms with Crippen molar-refractivity contribution in [2.75, 3.05) is 11.9 Å². The molecule has 0 radical (unpaired) electrons. The Hall–Kier alpha value is -3.35. The van der Waals surface area contributed by atoms with Gasteiger partial charge in [-0.15, -0.1) is 0 Å². The van der Waals surface area contributed by atoms with Gasteiger partial charge in [0.25, 0.3) is 5.91 Å². The zero-order valence-electron chi connectivity index (χ0n) is 17.5. The summed E-state index contributed by atoms with van der Waals surface area (Å²) in [6.45, 7) is 2.12. The fourth-order valence-corrected chi connectivity index (χ4v) is 3.46. The summed E-state index contributed by atoms with van der Waals surface area (Å²) in [6.07, 6.45) is 1.44. The molecular weight excluding hydrogens is 555 g/mol. The Morgan fingerprint density at radius 2 is 1.85 bits per heavy atom. The van der Waals surface area contributed by atoms with Crippen molar-refractivity contribution >= 4 is 57.8 Å². The molecule has 0 fully saturated rings. The molecule has 0 atom stereocenters. The summed E-state index contributed by atoms with van der Waals surface area (Å²) in [4.78, 5) is 25.0. The highest BCUT2D eigenvalue weighted by Gasteiger charge is 2.15. The number of ether oxygens (including phenoxy) is 2. The maximum Gasteiger partial charge on any atom is 0.343 e. The van der Waals surface area contributed by atoms with Crippen LogP contribution in [-0.4, -0.2) is 18.5 Å². The summed E-state index contributed by atoms with van der Waals surface area (Å²) in [5, 5.41) is 12.7. The van der Waals surface area contributed by atoms with E-state index >= 15 is 0 Å². The van der Waals surface area contributed by atoms with Gasteiger partial charge >= 0.3 is 5.97 Å². The van der Waals surface area contributed by atoms with Gasteiger partial charge in [0, 0.05) is 14.3 Å². The maximum absolute atomic E-state index is 12.5. The summed E-state index contributed by atoms with van der Waals surface area (Å²) in [5.41, 5.74) is 1.39. The Kier molecular flexibility index (Phi) is 8.46. The normalized spacial score (nSPS) is 10.8. The molecule has 6 nitrogen and oxygen atoms in total. The minimum absolute atomic E-state index is 0.0813. The van der Waals surface area contributed by atoms with E-state index in [1.54, 1.807) is 61.5 Å². The zero-order chi connectivity index (χ0) is 23.8. The summed E-state index contributed by atoms with van der Waals surface area (Å²) >= 11 is 8.00. The third-order valence-electron chi connectivity index (χ3n) is 4.31. The molecule has 0 bridgehead atoms. The van der Waals surface area contributed by atoms with Gasteiger partial charge in [-0.05, 0) is 95.8 Å². The van der Waals surface area contributed by atoms with Crippen molar-refractivity contribution in [2.24, 2.45) is 0 Å². The van der Waals surface area contributed by atoms with Crippen molar-refractivity contribution in [3.8, 4) is 17.6 Å². The molecule has 3 aromatic carbocycles. The van der Waals surface area contributed by atoms with Crippen LogP contribution in [0.2, 0.25) is 5.02 Å². The van der Waals surface area contributed by atoms with Crippen LogP contribution in [0.15, 0.2) is 72.3 Å². The van der Waals surface area contributed by atoms with Gasteiger partial charge in [-0.1, -0.05) is 23.7 Å². The molecule has 166 valence electrons. The molecule has 0 saturated carbocycles. The van der Waals surface area contributed by atoms with Crippen LogP contribution in [0.5, 0.6) is 11.5 Å². The van der Waals surface area contributed by atoms with E-state index in [4.69, 9.17) is 21.1 Å². The van der Waals surface area contributed by atoms with Crippen LogP contribution in [0.3, 0.4) is 0 Å².